The molecule has 0 radical (unpaired) electrons. The van der Waals surface area contributed by atoms with E-state index in [4.69, 9.17) is 18.9 Å². The van der Waals surface area contributed by atoms with Crippen molar-refractivity contribution in [2.75, 3.05) is 26.4 Å². The highest BCUT2D eigenvalue weighted by Crippen LogP contribution is 2.26. The lowest BCUT2D eigenvalue weighted by molar-refractivity contribution is -0.301. The van der Waals surface area contributed by atoms with Crippen LogP contribution in [0.2, 0.25) is 0 Å². The third kappa shape index (κ3) is 32.7. The van der Waals surface area contributed by atoms with Crippen molar-refractivity contribution >= 4 is 16.4 Å². The van der Waals surface area contributed by atoms with Crippen molar-refractivity contribution in [3.63, 3.8) is 0 Å². The molecule has 0 bridgehead atoms. The van der Waals surface area contributed by atoms with Gasteiger partial charge in [-0.15, -0.1) is 0 Å². The summed E-state index contributed by atoms with van der Waals surface area (Å²) in [6.07, 6.45) is 32.7. The summed E-state index contributed by atoms with van der Waals surface area (Å²) in [5.74, 6) is -0.392. The van der Waals surface area contributed by atoms with E-state index in [1.54, 1.807) is 0 Å². The minimum absolute atomic E-state index is 0.0450. The number of aliphatic hydroxyl groups excluding tert-OH is 3. The molecule has 6 unspecified atom stereocenters. The lowest BCUT2D eigenvalue weighted by Gasteiger charge is -2.41. The number of aliphatic hydroxyl groups is 3. The molecule has 0 aliphatic carbocycles. The molecule has 13 heteroatoms. The topological polar surface area (TPSA) is 178 Å². The predicted octanol–water partition coefficient (Wildman–Crippen LogP) is 10.9. The summed E-state index contributed by atoms with van der Waals surface area (Å²) < 4.78 is 59.2. The fraction of sp³-hybridized carbons (Fsp3) is 0.979. The van der Waals surface area contributed by atoms with Gasteiger partial charge in [-0.2, -0.15) is 8.42 Å². The van der Waals surface area contributed by atoms with E-state index in [0.29, 0.717) is 13.0 Å². The van der Waals surface area contributed by atoms with Crippen LogP contribution in [0.4, 0.5) is 0 Å². The van der Waals surface area contributed by atoms with E-state index in [-0.39, 0.29) is 19.6 Å². The zero-order valence-electron chi connectivity index (χ0n) is 38.3. The number of unbranched alkanes of at least 4 members (excludes halogenated alkanes) is 31. The molecule has 358 valence electrons. The molecule has 0 saturated carbocycles. The second-order valence-electron chi connectivity index (χ2n) is 17.4. The van der Waals surface area contributed by atoms with E-state index in [1.165, 1.54) is 167 Å². The van der Waals surface area contributed by atoms with Gasteiger partial charge in [0.1, 0.15) is 30.5 Å². The van der Waals surface area contributed by atoms with Gasteiger partial charge in [-0.1, -0.05) is 213 Å². The molecular weight excluding hydrogens is 789 g/mol. The summed E-state index contributed by atoms with van der Waals surface area (Å²) in [6, 6.07) is 0. The van der Waals surface area contributed by atoms with Gasteiger partial charge in [0.05, 0.1) is 19.8 Å². The van der Waals surface area contributed by atoms with Crippen LogP contribution in [0.15, 0.2) is 0 Å². The Balaban J connectivity index is 2.37. The van der Waals surface area contributed by atoms with Gasteiger partial charge in [0.2, 0.25) is 0 Å². The largest absolute Gasteiger partial charge is 0.457 e. The Morgan fingerprint density at radius 3 is 1.33 bits per heavy atom. The van der Waals surface area contributed by atoms with Crippen molar-refractivity contribution in [2.45, 2.75) is 269 Å². The summed E-state index contributed by atoms with van der Waals surface area (Å²) in [6.45, 7) is 4.05. The third-order valence-corrected chi connectivity index (χ3v) is 12.2. The van der Waals surface area contributed by atoms with Crippen molar-refractivity contribution in [1.29, 1.82) is 0 Å². The molecular formula is C47H92O12S. The van der Waals surface area contributed by atoms with E-state index in [2.05, 4.69) is 18.0 Å². The van der Waals surface area contributed by atoms with Crippen LogP contribution in [0.25, 0.3) is 0 Å². The van der Waals surface area contributed by atoms with Gasteiger partial charge in [0, 0.05) is 13.0 Å². The minimum atomic E-state index is -5.06. The normalized spacial score (nSPS) is 20.1. The molecule has 0 spiro atoms. The third-order valence-electron chi connectivity index (χ3n) is 11.7. The minimum Gasteiger partial charge on any atom is -0.457 e. The smallest absolute Gasteiger partial charge is 0.397 e. The molecule has 1 heterocycles. The summed E-state index contributed by atoms with van der Waals surface area (Å²) in [5, 5.41) is 30.7. The highest BCUT2D eigenvalue weighted by atomic mass is 32.3. The molecule has 1 aliphatic rings. The molecule has 1 saturated heterocycles. The van der Waals surface area contributed by atoms with E-state index in [1.807, 2.05) is 0 Å². The Labute approximate surface area is 366 Å². The van der Waals surface area contributed by atoms with Crippen LogP contribution in [0.5, 0.6) is 0 Å². The van der Waals surface area contributed by atoms with Gasteiger partial charge in [0.15, 0.2) is 6.29 Å². The van der Waals surface area contributed by atoms with Crippen molar-refractivity contribution < 1.29 is 56.2 Å². The number of rotatable bonds is 44. The van der Waals surface area contributed by atoms with E-state index in [0.717, 1.165) is 38.5 Å². The maximum absolute atomic E-state index is 12.9. The molecule has 0 aromatic heterocycles. The number of ether oxygens (including phenoxy) is 4. The maximum Gasteiger partial charge on any atom is 0.397 e. The molecule has 1 rings (SSSR count). The highest BCUT2D eigenvalue weighted by molar-refractivity contribution is 7.80. The molecule has 1 fully saturated rings. The number of carbonyl (C=O) groups excluding carboxylic acids is 1. The molecule has 0 amide bonds. The summed E-state index contributed by atoms with van der Waals surface area (Å²) in [5.41, 5.74) is 0. The van der Waals surface area contributed by atoms with Crippen molar-refractivity contribution in [3.05, 3.63) is 0 Å². The predicted molar refractivity (Wildman–Crippen MR) is 239 cm³/mol. The Morgan fingerprint density at radius 2 is 0.950 bits per heavy atom. The average molecular weight is 881 g/mol. The molecule has 0 aromatic rings. The molecule has 4 N–H and O–H groups in total. The van der Waals surface area contributed by atoms with Crippen molar-refractivity contribution in [3.8, 4) is 0 Å². The SMILES string of the molecule is CCCCCCCCCCCCCCCCCCCC(=O)OC(COCCCCCCCCCCCCCCCCCC)COC1OC(CO)C(O)C(OS(=O)(=O)O)C1O. The quantitative estimate of drug-likeness (QED) is 0.0259. The van der Waals surface area contributed by atoms with Crippen LogP contribution in [0.1, 0.15) is 232 Å². The van der Waals surface area contributed by atoms with Crippen LogP contribution in [-0.2, 0) is 38.3 Å². The highest BCUT2D eigenvalue weighted by Gasteiger charge is 2.48. The van der Waals surface area contributed by atoms with E-state index >= 15 is 0 Å². The maximum atomic E-state index is 12.9. The van der Waals surface area contributed by atoms with Crippen LogP contribution in [0.3, 0.4) is 0 Å². The number of hydrogen-bond donors (Lipinski definition) is 4. The number of carbonyl (C=O) groups is 1. The Hall–Kier alpha value is -0.900. The number of esters is 1. The fourth-order valence-electron chi connectivity index (χ4n) is 7.97. The average Bonchev–Trinajstić information content (AvgIpc) is 3.22. The van der Waals surface area contributed by atoms with Gasteiger partial charge < -0.3 is 34.3 Å². The summed E-state index contributed by atoms with van der Waals surface area (Å²) in [4.78, 5) is 12.9. The van der Waals surface area contributed by atoms with E-state index in [9.17, 15) is 33.1 Å². The fourth-order valence-corrected chi connectivity index (χ4v) is 8.48. The molecule has 12 nitrogen and oxygen atoms in total. The molecule has 6 atom stereocenters. The molecule has 0 aromatic carbocycles. The van der Waals surface area contributed by atoms with Gasteiger partial charge in [-0.25, -0.2) is 4.18 Å². The van der Waals surface area contributed by atoms with Crippen LogP contribution < -0.4 is 0 Å². The number of hydrogen-bond acceptors (Lipinski definition) is 11. The summed E-state index contributed by atoms with van der Waals surface area (Å²) >= 11 is 0. The van der Waals surface area contributed by atoms with Gasteiger partial charge in [0.25, 0.3) is 0 Å². The standard InChI is InChI=1S/C47H92O12S/c1-3-5-7-9-11-13-15-17-19-21-22-24-26-28-30-32-34-36-43(49)57-41(40-56-47-45(51)46(59-60(52,53)54)44(50)42(38-48)58-47)39-55-37-35-33-31-29-27-25-23-20-18-16-14-12-10-8-6-4-2/h41-42,44-48,50-51H,3-40H2,1-2H3,(H,52,53,54). The van der Waals surface area contributed by atoms with Crippen molar-refractivity contribution in [1.82, 2.24) is 0 Å². The Kier molecular flexibility index (Phi) is 37.8. The van der Waals surface area contributed by atoms with Gasteiger partial charge >= 0.3 is 16.4 Å². The van der Waals surface area contributed by atoms with Gasteiger partial charge in [-0.3, -0.25) is 9.35 Å². The Morgan fingerprint density at radius 1 is 0.567 bits per heavy atom. The lowest BCUT2D eigenvalue weighted by Crippen LogP contribution is -2.60. The van der Waals surface area contributed by atoms with Crippen LogP contribution >= 0.6 is 0 Å². The first kappa shape index (κ1) is 57.1. The van der Waals surface area contributed by atoms with Gasteiger partial charge in [-0.05, 0) is 12.8 Å². The lowest BCUT2D eigenvalue weighted by atomic mass is 9.99. The molecule has 1 aliphatic heterocycles. The monoisotopic (exact) mass is 881 g/mol. The van der Waals surface area contributed by atoms with E-state index < -0.39 is 59.8 Å². The second kappa shape index (κ2) is 39.7. The first-order chi connectivity index (χ1) is 29.1. The summed E-state index contributed by atoms with van der Waals surface area (Å²) in [7, 11) is -5.06. The van der Waals surface area contributed by atoms with Crippen LogP contribution in [0, 0.1) is 0 Å². The Bertz CT molecular complexity index is 1060. The van der Waals surface area contributed by atoms with Crippen molar-refractivity contribution in [2.24, 2.45) is 0 Å². The zero-order chi connectivity index (χ0) is 43.9. The zero-order valence-corrected chi connectivity index (χ0v) is 39.1. The first-order valence-electron chi connectivity index (χ1n) is 24.8. The van der Waals surface area contributed by atoms with Crippen LogP contribution in [-0.4, -0.2) is 97.5 Å². The molecule has 60 heavy (non-hydrogen) atoms. The first-order valence-corrected chi connectivity index (χ1v) is 26.2. The second-order valence-corrected chi connectivity index (χ2v) is 18.5.